The molecule has 2 rings (SSSR count). The van der Waals surface area contributed by atoms with Crippen molar-refractivity contribution >= 4 is 11.8 Å². The third kappa shape index (κ3) is 1.45. The molecule has 4 N–H and O–H groups in total. The second kappa shape index (κ2) is 2.60. The molecular formula is C7H10N4O. The van der Waals surface area contributed by atoms with Crippen LogP contribution >= 0.6 is 0 Å². The predicted octanol–water partition coefficient (Wildman–Crippen LogP) is -0.418. The van der Waals surface area contributed by atoms with Crippen LogP contribution in [0.1, 0.15) is 5.56 Å². The molecule has 64 valence electrons. The van der Waals surface area contributed by atoms with Crippen LogP contribution in [0.3, 0.4) is 0 Å². The van der Waals surface area contributed by atoms with E-state index in [1.165, 1.54) is 0 Å². The van der Waals surface area contributed by atoms with E-state index in [1.807, 2.05) is 0 Å². The maximum absolute atomic E-state index is 5.61. The maximum Gasteiger partial charge on any atom is 0.221 e. The third-order valence-electron chi connectivity index (χ3n) is 1.77. The highest BCUT2D eigenvalue weighted by Crippen LogP contribution is 2.18. The van der Waals surface area contributed by atoms with Crippen molar-refractivity contribution in [2.75, 3.05) is 18.1 Å². The van der Waals surface area contributed by atoms with Gasteiger partial charge in [0.2, 0.25) is 5.95 Å². The topological polar surface area (TPSA) is 90.3 Å². The first-order valence-electron chi connectivity index (χ1n) is 3.74. The fraction of sp³-hybridized carbons (Fsp3) is 0.429. The highest BCUT2D eigenvalue weighted by molar-refractivity contribution is 5.41. The zero-order chi connectivity index (χ0) is 8.55. The van der Waals surface area contributed by atoms with E-state index < -0.39 is 0 Å². The van der Waals surface area contributed by atoms with Gasteiger partial charge in [-0.1, -0.05) is 0 Å². The van der Waals surface area contributed by atoms with E-state index in [1.54, 1.807) is 6.20 Å². The molecule has 0 aliphatic carbocycles. The minimum atomic E-state index is 0.216. The van der Waals surface area contributed by atoms with Gasteiger partial charge < -0.3 is 16.2 Å². The molecule has 1 aliphatic rings. The standard InChI is InChI=1S/C7H10N4O/c8-6-4(1-5-3-12-5)2-10-7(9)11-6/h2,5H,1,3H2,(H4,8,9,10,11). The molecule has 1 atom stereocenters. The lowest BCUT2D eigenvalue weighted by Gasteiger charge is -2.01. The first-order chi connectivity index (χ1) is 5.75. The number of anilines is 2. The molecule has 2 heterocycles. The maximum atomic E-state index is 5.61. The van der Waals surface area contributed by atoms with Gasteiger partial charge in [-0.05, 0) is 0 Å². The second-order valence-electron chi connectivity index (χ2n) is 2.80. The van der Waals surface area contributed by atoms with Crippen LogP contribution in [0.15, 0.2) is 6.20 Å². The molecule has 5 heteroatoms. The zero-order valence-corrected chi connectivity index (χ0v) is 6.53. The number of nitrogens with two attached hydrogens (primary N) is 2. The number of hydrogen-bond acceptors (Lipinski definition) is 5. The summed E-state index contributed by atoms with van der Waals surface area (Å²) in [7, 11) is 0. The van der Waals surface area contributed by atoms with Crippen molar-refractivity contribution in [3.8, 4) is 0 Å². The van der Waals surface area contributed by atoms with Crippen molar-refractivity contribution in [1.82, 2.24) is 9.97 Å². The molecule has 1 aromatic heterocycles. The molecule has 0 saturated carbocycles. The first-order valence-corrected chi connectivity index (χ1v) is 3.74. The van der Waals surface area contributed by atoms with Crippen LogP contribution in [0.25, 0.3) is 0 Å². The summed E-state index contributed by atoms with van der Waals surface area (Å²) in [6.45, 7) is 0.809. The quantitative estimate of drug-likeness (QED) is 0.582. The number of ether oxygens (including phenoxy) is 1. The minimum Gasteiger partial charge on any atom is -0.383 e. The fourth-order valence-electron chi connectivity index (χ4n) is 1.02. The van der Waals surface area contributed by atoms with Gasteiger partial charge in [0.1, 0.15) is 5.82 Å². The van der Waals surface area contributed by atoms with Crippen molar-refractivity contribution in [2.45, 2.75) is 12.5 Å². The molecule has 1 aromatic rings. The number of hydrogen-bond donors (Lipinski definition) is 2. The average Bonchev–Trinajstić information content (AvgIpc) is 2.79. The lowest BCUT2D eigenvalue weighted by molar-refractivity contribution is 0.407. The Labute approximate surface area is 69.8 Å². The Morgan fingerprint density at radius 2 is 2.33 bits per heavy atom. The van der Waals surface area contributed by atoms with Gasteiger partial charge in [-0.3, -0.25) is 0 Å². The second-order valence-corrected chi connectivity index (χ2v) is 2.80. The molecule has 0 aromatic carbocycles. The van der Waals surface area contributed by atoms with E-state index in [0.29, 0.717) is 11.9 Å². The average molecular weight is 166 g/mol. The molecule has 5 nitrogen and oxygen atoms in total. The van der Waals surface area contributed by atoms with Gasteiger partial charge >= 0.3 is 0 Å². The summed E-state index contributed by atoms with van der Waals surface area (Å²) in [5.74, 6) is 0.672. The highest BCUT2D eigenvalue weighted by Gasteiger charge is 2.23. The summed E-state index contributed by atoms with van der Waals surface area (Å²) < 4.78 is 5.06. The molecule has 0 radical (unpaired) electrons. The number of nitrogen functional groups attached to an aromatic ring is 2. The minimum absolute atomic E-state index is 0.216. The number of epoxide rings is 1. The van der Waals surface area contributed by atoms with Crippen LogP contribution in [0.5, 0.6) is 0 Å². The van der Waals surface area contributed by atoms with Gasteiger partial charge in [0.05, 0.1) is 12.7 Å². The van der Waals surface area contributed by atoms with Gasteiger partial charge in [-0.2, -0.15) is 4.98 Å². The molecule has 0 amide bonds. The van der Waals surface area contributed by atoms with Crippen molar-refractivity contribution in [3.63, 3.8) is 0 Å². The van der Waals surface area contributed by atoms with E-state index in [0.717, 1.165) is 18.6 Å². The van der Waals surface area contributed by atoms with Crippen molar-refractivity contribution in [1.29, 1.82) is 0 Å². The fourth-order valence-corrected chi connectivity index (χ4v) is 1.02. The summed E-state index contributed by atoms with van der Waals surface area (Å²) >= 11 is 0. The van der Waals surface area contributed by atoms with E-state index >= 15 is 0 Å². The summed E-state index contributed by atoms with van der Waals surface area (Å²) in [4.78, 5) is 7.70. The summed E-state index contributed by atoms with van der Waals surface area (Å²) in [5.41, 5.74) is 11.9. The van der Waals surface area contributed by atoms with Crippen LogP contribution in [-0.2, 0) is 11.2 Å². The van der Waals surface area contributed by atoms with Crippen LogP contribution in [0, 0.1) is 0 Å². The summed E-state index contributed by atoms with van der Waals surface area (Å²) in [5, 5.41) is 0. The van der Waals surface area contributed by atoms with Gasteiger partial charge in [0.15, 0.2) is 0 Å². The summed E-state index contributed by atoms with van der Waals surface area (Å²) in [6.07, 6.45) is 2.74. The van der Waals surface area contributed by atoms with E-state index in [2.05, 4.69) is 9.97 Å². The SMILES string of the molecule is Nc1ncc(CC2CO2)c(N)n1. The Balaban J connectivity index is 2.18. The first kappa shape index (κ1) is 7.30. The molecule has 1 fully saturated rings. The van der Waals surface area contributed by atoms with Gasteiger partial charge in [0, 0.05) is 18.2 Å². The molecule has 0 spiro atoms. The molecule has 1 unspecified atom stereocenters. The van der Waals surface area contributed by atoms with Crippen LogP contribution in [-0.4, -0.2) is 22.7 Å². The molecule has 1 aliphatic heterocycles. The van der Waals surface area contributed by atoms with Crippen molar-refractivity contribution in [2.24, 2.45) is 0 Å². The normalized spacial score (nSPS) is 20.8. The Hall–Kier alpha value is -1.36. The van der Waals surface area contributed by atoms with Crippen LogP contribution in [0.4, 0.5) is 11.8 Å². The largest absolute Gasteiger partial charge is 0.383 e. The molecular weight excluding hydrogens is 156 g/mol. The Bertz CT molecular complexity index is 297. The van der Waals surface area contributed by atoms with Crippen molar-refractivity contribution in [3.05, 3.63) is 11.8 Å². The lowest BCUT2D eigenvalue weighted by atomic mass is 10.2. The number of aromatic nitrogens is 2. The van der Waals surface area contributed by atoms with Crippen molar-refractivity contribution < 1.29 is 4.74 Å². The third-order valence-corrected chi connectivity index (χ3v) is 1.77. The van der Waals surface area contributed by atoms with E-state index in [-0.39, 0.29) is 5.95 Å². The monoisotopic (exact) mass is 166 g/mol. The molecule has 12 heavy (non-hydrogen) atoms. The number of rotatable bonds is 2. The Morgan fingerprint density at radius 1 is 1.58 bits per heavy atom. The van der Waals surface area contributed by atoms with Gasteiger partial charge in [-0.25, -0.2) is 4.98 Å². The summed E-state index contributed by atoms with van der Waals surface area (Å²) in [6, 6.07) is 0. The highest BCUT2D eigenvalue weighted by atomic mass is 16.6. The predicted molar refractivity (Wildman–Crippen MR) is 44.3 cm³/mol. The number of nitrogens with zero attached hydrogens (tertiary/aromatic N) is 2. The van der Waals surface area contributed by atoms with Gasteiger partial charge in [0.25, 0.3) is 0 Å². The smallest absolute Gasteiger partial charge is 0.221 e. The van der Waals surface area contributed by atoms with Gasteiger partial charge in [-0.15, -0.1) is 0 Å². The zero-order valence-electron chi connectivity index (χ0n) is 6.53. The van der Waals surface area contributed by atoms with Crippen LogP contribution < -0.4 is 11.5 Å². The lowest BCUT2D eigenvalue weighted by Crippen LogP contribution is -2.05. The Kier molecular flexibility index (Phi) is 1.58. The Morgan fingerprint density at radius 3 is 2.92 bits per heavy atom. The molecule has 0 bridgehead atoms. The van der Waals surface area contributed by atoms with Crippen LogP contribution in [0.2, 0.25) is 0 Å². The van der Waals surface area contributed by atoms with E-state index in [4.69, 9.17) is 16.2 Å². The molecule has 1 saturated heterocycles. The van der Waals surface area contributed by atoms with E-state index in [9.17, 15) is 0 Å².